The average molecular weight is 214 g/mol. The van der Waals surface area contributed by atoms with Crippen LogP contribution in [0.4, 0.5) is 0 Å². The van der Waals surface area contributed by atoms with E-state index in [0.29, 0.717) is 0 Å². The predicted molar refractivity (Wildman–Crippen MR) is 40.4 cm³/mol. The Kier molecular flexibility index (Phi) is 3.74. The normalized spacial score (nSPS) is 15.5. The van der Waals surface area contributed by atoms with Crippen LogP contribution in [0.3, 0.4) is 0 Å². The van der Waals surface area contributed by atoms with Gasteiger partial charge in [0.25, 0.3) is 5.79 Å². The monoisotopic (exact) mass is 214 g/mol. The van der Waals surface area contributed by atoms with Gasteiger partial charge in [0.2, 0.25) is 0 Å². The minimum absolute atomic E-state index is 0.861. The Morgan fingerprint density at radius 2 is 1.85 bits per heavy atom. The molecule has 1 atom stereocenters. The van der Waals surface area contributed by atoms with Crippen LogP contribution in [0, 0.1) is 0 Å². The molecule has 0 rings (SSSR count). The largest absolute Gasteiger partial charge is 0.470 e. The first-order valence-electron chi connectivity index (χ1n) is 3.27. The molecule has 0 spiro atoms. The first kappa shape index (κ1) is 12.7. The van der Waals surface area contributed by atoms with Crippen LogP contribution in [0.1, 0.15) is 13.8 Å². The number of carbonyl (C=O) groups excluding carboxylic acids is 1. The molecule has 0 aliphatic heterocycles. The SMILES string of the molecule is CC(=O)C(O)(O)[C@H](C)OP(=O)(O)O. The highest BCUT2D eigenvalue weighted by molar-refractivity contribution is 7.46. The van der Waals surface area contributed by atoms with Gasteiger partial charge in [-0.15, -0.1) is 0 Å². The van der Waals surface area contributed by atoms with E-state index in [1.165, 1.54) is 0 Å². The van der Waals surface area contributed by atoms with Gasteiger partial charge in [0.05, 0.1) is 0 Å². The van der Waals surface area contributed by atoms with Gasteiger partial charge in [0, 0.05) is 6.92 Å². The Labute approximate surface area is 74.2 Å². The quantitative estimate of drug-likeness (QED) is 0.340. The highest BCUT2D eigenvalue weighted by Crippen LogP contribution is 2.39. The van der Waals surface area contributed by atoms with E-state index in [1.807, 2.05) is 0 Å². The maximum atomic E-state index is 10.6. The molecular formula is C5H11O7P. The zero-order valence-electron chi connectivity index (χ0n) is 7.04. The lowest BCUT2D eigenvalue weighted by Crippen LogP contribution is -2.47. The summed E-state index contributed by atoms with van der Waals surface area (Å²) in [4.78, 5) is 27.1. The molecular weight excluding hydrogens is 203 g/mol. The van der Waals surface area contributed by atoms with Gasteiger partial charge in [0.15, 0.2) is 5.78 Å². The van der Waals surface area contributed by atoms with E-state index < -0.39 is 25.5 Å². The number of rotatable bonds is 4. The molecule has 0 bridgehead atoms. The molecule has 8 heteroatoms. The second kappa shape index (κ2) is 3.83. The van der Waals surface area contributed by atoms with E-state index in [4.69, 9.17) is 20.0 Å². The minimum Gasteiger partial charge on any atom is -0.358 e. The maximum Gasteiger partial charge on any atom is 0.470 e. The zero-order valence-corrected chi connectivity index (χ0v) is 7.93. The summed E-state index contributed by atoms with van der Waals surface area (Å²) in [5, 5.41) is 17.9. The molecule has 0 saturated heterocycles. The van der Waals surface area contributed by atoms with Gasteiger partial charge in [-0.3, -0.25) is 9.32 Å². The minimum atomic E-state index is -4.83. The summed E-state index contributed by atoms with van der Waals surface area (Å²) in [6.45, 7) is 1.82. The molecule has 0 aromatic carbocycles. The molecule has 7 nitrogen and oxygen atoms in total. The topological polar surface area (TPSA) is 124 Å². The maximum absolute atomic E-state index is 10.6. The molecule has 0 heterocycles. The molecule has 0 aliphatic carbocycles. The molecule has 0 aliphatic rings. The van der Waals surface area contributed by atoms with E-state index in [1.54, 1.807) is 0 Å². The Morgan fingerprint density at radius 1 is 1.46 bits per heavy atom. The highest BCUT2D eigenvalue weighted by atomic mass is 31.2. The van der Waals surface area contributed by atoms with Gasteiger partial charge in [-0.05, 0) is 6.92 Å². The van der Waals surface area contributed by atoms with Crippen LogP contribution < -0.4 is 0 Å². The molecule has 0 aromatic heterocycles. The van der Waals surface area contributed by atoms with E-state index >= 15 is 0 Å². The van der Waals surface area contributed by atoms with Crippen LogP contribution >= 0.6 is 7.82 Å². The predicted octanol–water partition coefficient (Wildman–Crippen LogP) is -1.25. The van der Waals surface area contributed by atoms with Gasteiger partial charge in [-0.25, -0.2) is 4.57 Å². The lowest BCUT2D eigenvalue weighted by Gasteiger charge is -2.25. The molecule has 0 unspecified atom stereocenters. The third-order valence-corrected chi connectivity index (χ3v) is 1.97. The third kappa shape index (κ3) is 3.95. The van der Waals surface area contributed by atoms with Gasteiger partial charge in [-0.1, -0.05) is 0 Å². The molecule has 0 amide bonds. The summed E-state index contributed by atoms with van der Waals surface area (Å²) in [5.74, 6) is -3.95. The molecule has 78 valence electrons. The summed E-state index contributed by atoms with van der Waals surface area (Å²) >= 11 is 0. The molecule has 13 heavy (non-hydrogen) atoms. The van der Waals surface area contributed by atoms with Crippen molar-refractivity contribution in [3.8, 4) is 0 Å². The van der Waals surface area contributed by atoms with Crippen LogP contribution in [0.2, 0.25) is 0 Å². The van der Waals surface area contributed by atoms with Crippen molar-refractivity contribution >= 4 is 13.6 Å². The standard InChI is InChI=1S/C5H11O7P/c1-3(6)5(7,8)4(2)12-13(9,10)11/h4,7-8H,1-2H3,(H2,9,10,11)/t4-/m0/s1. The second-order valence-corrected chi connectivity index (χ2v) is 3.71. The molecule has 0 saturated carbocycles. The smallest absolute Gasteiger partial charge is 0.358 e. The summed E-state index contributed by atoms with van der Waals surface area (Å²) < 4.78 is 14.2. The fraction of sp³-hybridized carbons (Fsp3) is 0.800. The number of Topliss-reactive ketones (excluding diaryl/α,β-unsaturated/α-hetero) is 1. The van der Waals surface area contributed by atoms with Crippen molar-refractivity contribution in [3.05, 3.63) is 0 Å². The second-order valence-electron chi connectivity index (χ2n) is 2.52. The number of phosphoric acid groups is 1. The van der Waals surface area contributed by atoms with Crippen LogP contribution in [0.25, 0.3) is 0 Å². The van der Waals surface area contributed by atoms with E-state index in [0.717, 1.165) is 13.8 Å². The Morgan fingerprint density at radius 3 is 2.08 bits per heavy atom. The number of phosphoric ester groups is 1. The van der Waals surface area contributed by atoms with Gasteiger partial charge in [0.1, 0.15) is 6.10 Å². The summed E-state index contributed by atoms with van der Waals surface area (Å²) in [6.07, 6.45) is -1.70. The number of carbonyl (C=O) groups is 1. The van der Waals surface area contributed by atoms with E-state index in [9.17, 15) is 9.36 Å². The summed E-state index contributed by atoms with van der Waals surface area (Å²) in [7, 11) is -4.83. The van der Waals surface area contributed by atoms with Crippen LogP contribution in [-0.2, 0) is 13.9 Å². The Hall–Kier alpha value is -0.300. The highest BCUT2D eigenvalue weighted by Gasteiger charge is 2.40. The summed E-state index contributed by atoms with van der Waals surface area (Å²) in [6, 6.07) is 0. The van der Waals surface area contributed by atoms with Gasteiger partial charge < -0.3 is 20.0 Å². The average Bonchev–Trinajstić information content (AvgIpc) is 1.82. The number of hydrogen-bond donors (Lipinski definition) is 4. The van der Waals surface area contributed by atoms with Crippen molar-refractivity contribution in [2.45, 2.75) is 25.7 Å². The van der Waals surface area contributed by atoms with E-state index in [2.05, 4.69) is 4.52 Å². The number of aliphatic hydroxyl groups is 2. The molecule has 0 aromatic rings. The van der Waals surface area contributed by atoms with Crippen molar-refractivity contribution in [2.24, 2.45) is 0 Å². The van der Waals surface area contributed by atoms with Gasteiger partial charge >= 0.3 is 7.82 Å². The summed E-state index contributed by atoms with van der Waals surface area (Å²) in [5.41, 5.74) is 0. The number of ketones is 1. The molecule has 0 radical (unpaired) electrons. The first-order chi connectivity index (χ1) is 5.57. The van der Waals surface area contributed by atoms with Crippen molar-refractivity contribution in [1.82, 2.24) is 0 Å². The van der Waals surface area contributed by atoms with Crippen molar-refractivity contribution in [2.75, 3.05) is 0 Å². The fourth-order valence-corrected chi connectivity index (χ4v) is 1.12. The lowest BCUT2D eigenvalue weighted by molar-refractivity contribution is -0.211. The van der Waals surface area contributed by atoms with Crippen LogP contribution in [0.15, 0.2) is 0 Å². The van der Waals surface area contributed by atoms with Crippen molar-refractivity contribution in [1.29, 1.82) is 0 Å². The lowest BCUT2D eigenvalue weighted by atomic mass is 10.1. The van der Waals surface area contributed by atoms with Gasteiger partial charge in [-0.2, -0.15) is 0 Å². The van der Waals surface area contributed by atoms with Crippen molar-refractivity contribution in [3.63, 3.8) is 0 Å². The van der Waals surface area contributed by atoms with Crippen LogP contribution in [0.5, 0.6) is 0 Å². The third-order valence-electron chi connectivity index (χ3n) is 1.38. The Bertz CT molecular complexity index is 241. The first-order valence-corrected chi connectivity index (χ1v) is 4.80. The molecule has 4 N–H and O–H groups in total. The Balaban J connectivity index is 4.52. The fourth-order valence-electron chi connectivity index (χ4n) is 0.566. The van der Waals surface area contributed by atoms with E-state index in [-0.39, 0.29) is 0 Å². The van der Waals surface area contributed by atoms with Crippen molar-refractivity contribution < 1.29 is 33.9 Å². The zero-order chi connectivity index (χ0) is 10.9. The van der Waals surface area contributed by atoms with Crippen LogP contribution in [-0.4, -0.2) is 37.7 Å². The molecule has 0 fully saturated rings. The number of hydrogen-bond acceptors (Lipinski definition) is 5.